The van der Waals surface area contributed by atoms with Gasteiger partial charge in [0, 0.05) is 74.0 Å². The smallest absolute Gasteiger partial charge is 0.225 e. The van der Waals surface area contributed by atoms with Crippen LogP contribution in [0.4, 0.5) is 11.8 Å². The van der Waals surface area contributed by atoms with Gasteiger partial charge in [0.05, 0.1) is 17.8 Å². The summed E-state index contributed by atoms with van der Waals surface area (Å²) in [6, 6.07) is 17.5. The van der Waals surface area contributed by atoms with Crippen LogP contribution in [-0.2, 0) is 6.42 Å². The van der Waals surface area contributed by atoms with Crippen molar-refractivity contribution in [2.45, 2.75) is 57.4 Å². The number of nitrogens with two attached hydrogens (primary N) is 1. The topological polar surface area (TPSA) is 135 Å². The maximum absolute atomic E-state index is 5.72. The highest BCUT2D eigenvalue weighted by Crippen LogP contribution is 2.26. The number of hydrogen-bond acceptors (Lipinski definition) is 10. The summed E-state index contributed by atoms with van der Waals surface area (Å²) in [6.45, 7) is 9.12. The first-order valence-corrected chi connectivity index (χ1v) is 18.0. The summed E-state index contributed by atoms with van der Waals surface area (Å²) >= 11 is 0. The number of aliphatic imine (C=N–C) groups is 1. The number of benzene rings is 2. The molecule has 1 aliphatic heterocycles. The second-order valence-electron chi connectivity index (χ2n) is 13.1. The summed E-state index contributed by atoms with van der Waals surface area (Å²) in [5.74, 6) is 7.26. The number of nitrogens with one attached hydrogen (secondary N) is 4. The minimum Gasteiger partial charge on any atom is -0.361 e. The van der Waals surface area contributed by atoms with Crippen molar-refractivity contribution < 1.29 is 0 Å². The Hall–Kier alpha value is -4.06. The number of H-pyrrole nitrogens is 1. The van der Waals surface area contributed by atoms with Crippen LogP contribution in [0.25, 0.3) is 21.8 Å². The molecular formula is C37H53N11. The van der Waals surface area contributed by atoms with E-state index in [1.807, 2.05) is 12.1 Å². The van der Waals surface area contributed by atoms with Crippen LogP contribution in [0.15, 0.2) is 64.8 Å². The van der Waals surface area contributed by atoms with Crippen LogP contribution in [0, 0.1) is 0 Å². The predicted molar refractivity (Wildman–Crippen MR) is 201 cm³/mol. The molecule has 6 rings (SSSR count). The van der Waals surface area contributed by atoms with Gasteiger partial charge in [-0.05, 0) is 75.5 Å². The molecule has 4 aromatic rings. The maximum atomic E-state index is 5.72. The molecule has 0 unspecified atom stereocenters. The molecule has 2 aromatic carbocycles. The Labute approximate surface area is 284 Å². The van der Waals surface area contributed by atoms with Gasteiger partial charge in [0.15, 0.2) is 0 Å². The lowest BCUT2D eigenvalue weighted by Crippen LogP contribution is -2.47. The summed E-state index contributed by atoms with van der Waals surface area (Å²) in [5.41, 5.74) is 4.18. The van der Waals surface area contributed by atoms with Gasteiger partial charge < -0.3 is 31.7 Å². The zero-order valence-corrected chi connectivity index (χ0v) is 28.3. The van der Waals surface area contributed by atoms with E-state index in [0.29, 0.717) is 18.2 Å². The van der Waals surface area contributed by atoms with Crippen molar-refractivity contribution in [2.24, 2.45) is 15.9 Å². The molecule has 0 amide bonds. The Morgan fingerprint density at radius 3 is 2.56 bits per heavy atom. The van der Waals surface area contributed by atoms with Gasteiger partial charge in [-0.1, -0.05) is 49.6 Å². The van der Waals surface area contributed by atoms with Crippen molar-refractivity contribution in [1.29, 1.82) is 0 Å². The molecule has 3 heterocycles. The van der Waals surface area contributed by atoms with E-state index in [1.165, 1.54) is 48.6 Å². The molecule has 2 aliphatic rings. The van der Waals surface area contributed by atoms with E-state index in [-0.39, 0.29) is 0 Å². The van der Waals surface area contributed by atoms with E-state index in [4.69, 9.17) is 15.8 Å². The van der Waals surface area contributed by atoms with Crippen molar-refractivity contribution >= 4 is 45.5 Å². The van der Waals surface area contributed by atoms with Gasteiger partial charge in [0.25, 0.3) is 0 Å². The number of nitrogens with zero attached hydrogens (tertiary/aromatic N) is 6. The first-order chi connectivity index (χ1) is 23.8. The van der Waals surface area contributed by atoms with Gasteiger partial charge in [0.2, 0.25) is 5.95 Å². The summed E-state index contributed by atoms with van der Waals surface area (Å²) in [7, 11) is 0. The fourth-order valence-electron chi connectivity index (χ4n) is 6.89. The first-order valence-electron chi connectivity index (χ1n) is 18.0. The number of rotatable bonds is 17. The van der Waals surface area contributed by atoms with E-state index < -0.39 is 0 Å². The van der Waals surface area contributed by atoms with Crippen LogP contribution < -0.4 is 26.7 Å². The fraction of sp³-hybridized carbons (Fsp3) is 0.514. The molecule has 0 bridgehead atoms. The molecule has 2 fully saturated rings. The average Bonchev–Trinajstić information content (AvgIpc) is 3.56. The molecule has 0 atom stereocenters. The van der Waals surface area contributed by atoms with Crippen LogP contribution in [0.3, 0.4) is 0 Å². The Bertz CT molecular complexity index is 1620. The van der Waals surface area contributed by atoms with Gasteiger partial charge in [-0.2, -0.15) is 10.1 Å². The number of anilines is 2. The number of hydrogen-bond donors (Lipinski definition) is 5. The Morgan fingerprint density at radius 2 is 1.71 bits per heavy atom. The van der Waals surface area contributed by atoms with Crippen molar-refractivity contribution in [2.75, 3.05) is 75.7 Å². The monoisotopic (exact) mass is 651 g/mol. The Morgan fingerprint density at radius 1 is 0.917 bits per heavy atom. The summed E-state index contributed by atoms with van der Waals surface area (Å²) in [6.07, 6.45) is 14.0. The van der Waals surface area contributed by atoms with E-state index in [2.05, 4.69) is 83.4 Å². The standard InChI is InChI=1S/C37H53N11/c38-46-31(27-40-19-8-17-39-18-9-20-41-30-10-2-1-3-11-30)28-43-37-44-35-15-7-5-13-33(35)36(45-37)48-24-22-47(23-25-48)21-16-29-26-42-34-14-6-4-12-32(29)34/h4-7,12-15,26-27,30,39,41-42H,1-3,8-11,16-25,28,38H2,(H,43,44,45). The molecule has 2 aromatic heterocycles. The Kier molecular flexibility index (Phi) is 12.6. The molecule has 0 spiro atoms. The van der Waals surface area contributed by atoms with Gasteiger partial charge in [-0.25, -0.2) is 4.98 Å². The first kappa shape index (κ1) is 33.8. The summed E-state index contributed by atoms with van der Waals surface area (Å²) < 4.78 is 0. The summed E-state index contributed by atoms with van der Waals surface area (Å²) in [5, 5.41) is 16.9. The molecule has 0 radical (unpaired) electrons. The molecule has 256 valence electrons. The third kappa shape index (κ3) is 9.52. The van der Waals surface area contributed by atoms with E-state index in [0.717, 1.165) is 101 Å². The zero-order valence-electron chi connectivity index (χ0n) is 28.3. The Balaban J connectivity index is 0.932. The second-order valence-corrected chi connectivity index (χ2v) is 13.1. The van der Waals surface area contributed by atoms with Crippen LogP contribution in [0.5, 0.6) is 0 Å². The van der Waals surface area contributed by atoms with Gasteiger partial charge in [-0.15, -0.1) is 0 Å². The minimum absolute atomic E-state index is 0.408. The molecule has 1 saturated heterocycles. The number of para-hydroxylation sites is 2. The van der Waals surface area contributed by atoms with Crippen molar-refractivity contribution in [1.82, 2.24) is 30.5 Å². The van der Waals surface area contributed by atoms with E-state index in [9.17, 15) is 0 Å². The number of aromatic nitrogens is 3. The normalized spacial score (nSPS) is 16.8. The van der Waals surface area contributed by atoms with Crippen LogP contribution in [-0.4, -0.2) is 103 Å². The number of piperazine rings is 1. The third-order valence-electron chi connectivity index (χ3n) is 9.67. The lowest BCUT2D eigenvalue weighted by Gasteiger charge is -2.36. The summed E-state index contributed by atoms with van der Waals surface area (Å²) in [4.78, 5) is 22.7. The van der Waals surface area contributed by atoms with Crippen LogP contribution >= 0.6 is 0 Å². The molecule has 48 heavy (non-hydrogen) atoms. The van der Waals surface area contributed by atoms with Crippen molar-refractivity contribution in [3.63, 3.8) is 0 Å². The zero-order chi connectivity index (χ0) is 32.8. The van der Waals surface area contributed by atoms with Crippen LogP contribution in [0.1, 0.15) is 50.5 Å². The molecule has 1 saturated carbocycles. The van der Waals surface area contributed by atoms with Gasteiger partial charge in [0.1, 0.15) is 5.82 Å². The van der Waals surface area contributed by atoms with Crippen molar-refractivity contribution in [3.8, 4) is 0 Å². The highest BCUT2D eigenvalue weighted by Gasteiger charge is 2.21. The maximum Gasteiger partial charge on any atom is 0.225 e. The minimum atomic E-state index is 0.408. The molecule has 11 nitrogen and oxygen atoms in total. The molecular weight excluding hydrogens is 598 g/mol. The van der Waals surface area contributed by atoms with E-state index >= 15 is 0 Å². The number of fused-ring (bicyclic) bond motifs is 2. The molecule has 11 heteroatoms. The van der Waals surface area contributed by atoms with Gasteiger partial charge in [-0.3, -0.25) is 9.89 Å². The van der Waals surface area contributed by atoms with Gasteiger partial charge >= 0.3 is 0 Å². The fourth-order valence-corrected chi connectivity index (χ4v) is 6.89. The largest absolute Gasteiger partial charge is 0.361 e. The highest BCUT2D eigenvalue weighted by atomic mass is 15.3. The SMILES string of the molecule is NN=C(C=NCCCNCCCNC1CCCCC1)CNc1nc(N2CCN(CCc3c[nH]c4ccccc34)CC2)c2ccccc2n1. The lowest BCUT2D eigenvalue weighted by atomic mass is 9.95. The average molecular weight is 652 g/mol. The van der Waals surface area contributed by atoms with Crippen molar-refractivity contribution in [3.05, 3.63) is 60.3 Å². The number of aromatic amines is 1. The highest BCUT2D eigenvalue weighted by molar-refractivity contribution is 6.32. The second kappa shape index (κ2) is 17.9. The molecule has 6 N–H and O–H groups in total. The van der Waals surface area contributed by atoms with Crippen LogP contribution in [0.2, 0.25) is 0 Å². The third-order valence-corrected chi connectivity index (χ3v) is 9.67. The quantitative estimate of drug-likeness (QED) is 0.0486. The van der Waals surface area contributed by atoms with E-state index in [1.54, 1.807) is 6.21 Å². The number of hydrazone groups is 1. The molecule has 1 aliphatic carbocycles. The predicted octanol–water partition coefficient (Wildman–Crippen LogP) is 4.57. The lowest BCUT2D eigenvalue weighted by molar-refractivity contribution is 0.261.